The topological polar surface area (TPSA) is 105 Å². The maximum atomic E-state index is 12.7. The second-order valence-electron chi connectivity index (χ2n) is 6.66. The van der Waals surface area contributed by atoms with Gasteiger partial charge in [-0.2, -0.15) is 0 Å². The van der Waals surface area contributed by atoms with Crippen molar-refractivity contribution in [2.24, 2.45) is 5.92 Å². The van der Waals surface area contributed by atoms with E-state index < -0.39 is 11.9 Å². The van der Waals surface area contributed by atoms with Crippen molar-refractivity contribution in [1.82, 2.24) is 0 Å². The molecule has 0 radical (unpaired) electrons. The lowest BCUT2D eigenvalue weighted by molar-refractivity contribution is -0.122. The Morgan fingerprint density at radius 3 is 2.38 bits per heavy atom. The Kier molecular flexibility index (Phi) is 5.92. The Morgan fingerprint density at radius 2 is 1.72 bits per heavy atom. The Labute approximate surface area is 167 Å². The van der Waals surface area contributed by atoms with Gasteiger partial charge in [-0.05, 0) is 36.4 Å². The van der Waals surface area contributed by atoms with Crippen LogP contribution in [-0.2, 0) is 19.1 Å². The zero-order valence-corrected chi connectivity index (χ0v) is 16.1. The number of esters is 1. The number of hydrogen-bond acceptors (Lipinski definition) is 5. The van der Waals surface area contributed by atoms with Crippen LogP contribution in [0.3, 0.4) is 0 Å². The first-order valence-corrected chi connectivity index (χ1v) is 9.05. The fraction of sp³-hybridized carbons (Fsp3) is 0.238. The molecule has 2 N–H and O–H groups in total. The molecule has 29 heavy (non-hydrogen) atoms. The van der Waals surface area contributed by atoms with E-state index in [0.29, 0.717) is 17.1 Å². The number of methoxy groups -OCH3 is 1. The van der Waals surface area contributed by atoms with E-state index in [1.54, 1.807) is 48.5 Å². The van der Waals surface area contributed by atoms with Crippen LogP contribution in [0.15, 0.2) is 48.5 Å². The number of rotatable bonds is 5. The van der Waals surface area contributed by atoms with Crippen LogP contribution in [0.5, 0.6) is 0 Å². The normalized spacial score (nSPS) is 15.7. The Hall–Kier alpha value is -3.68. The highest BCUT2D eigenvalue weighted by Gasteiger charge is 2.35. The Bertz CT molecular complexity index is 955. The predicted octanol–water partition coefficient (Wildman–Crippen LogP) is 2.42. The number of carbonyl (C=O) groups excluding carboxylic acids is 4. The van der Waals surface area contributed by atoms with Gasteiger partial charge in [0.15, 0.2) is 0 Å². The van der Waals surface area contributed by atoms with Gasteiger partial charge in [0.25, 0.3) is 0 Å². The third-order valence-electron chi connectivity index (χ3n) is 4.59. The summed E-state index contributed by atoms with van der Waals surface area (Å²) < 4.78 is 4.73. The molecule has 2 aromatic rings. The number of hydrogen-bond donors (Lipinski definition) is 2. The molecule has 8 heteroatoms. The number of nitrogens with one attached hydrogen (secondary N) is 2. The highest BCUT2D eigenvalue weighted by Crippen LogP contribution is 2.27. The van der Waals surface area contributed by atoms with Crippen LogP contribution in [-0.4, -0.2) is 37.3 Å². The van der Waals surface area contributed by atoms with Crippen molar-refractivity contribution in [3.63, 3.8) is 0 Å². The van der Waals surface area contributed by atoms with Gasteiger partial charge >= 0.3 is 5.97 Å². The first kappa shape index (κ1) is 20.1. The van der Waals surface area contributed by atoms with Crippen LogP contribution in [0.25, 0.3) is 0 Å². The third-order valence-corrected chi connectivity index (χ3v) is 4.59. The maximum Gasteiger partial charge on any atom is 0.339 e. The standard InChI is InChI=1S/C21H21N3O5/c1-13(25)22-15-7-9-16(10-8-15)24-12-14(11-19(24)26)20(27)23-18-6-4-3-5-17(18)21(28)29-2/h3-10,14H,11-12H2,1-2H3,(H,22,25)(H,23,27). The number of benzene rings is 2. The largest absolute Gasteiger partial charge is 0.465 e. The fourth-order valence-electron chi connectivity index (χ4n) is 3.18. The molecule has 0 saturated carbocycles. The summed E-state index contributed by atoms with van der Waals surface area (Å²) in [5.41, 5.74) is 1.86. The van der Waals surface area contributed by atoms with Crippen LogP contribution < -0.4 is 15.5 Å². The molecule has 8 nitrogen and oxygen atoms in total. The summed E-state index contributed by atoms with van der Waals surface area (Å²) in [4.78, 5) is 49.6. The van der Waals surface area contributed by atoms with Crippen LogP contribution >= 0.6 is 0 Å². The van der Waals surface area contributed by atoms with Gasteiger partial charge in [0, 0.05) is 31.3 Å². The second-order valence-corrected chi connectivity index (χ2v) is 6.66. The molecule has 150 valence electrons. The first-order chi connectivity index (χ1) is 13.9. The minimum Gasteiger partial charge on any atom is -0.465 e. The molecule has 1 saturated heterocycles. The number of amides is 3. The van der Waals surface area contributed by atoms with Gasteiger partial charge in [-0.25, -0.2) is 4.79 Å². The number of ether oxygens (including phenoxy) is 1. The molecule has 0 aromatic heterocycles. The molecule has 1 atom stereocenters. The van der Waals surface area contributed by atoms with Gasteiger partial charge < -0.3 is 20.3 Å². The van der Waals surface area contributed by atoms with E-state index in [1.165, 1.54) is 18.9 Å². The van der Waals surface area contributed by atoms with Crippen molar-refractivity contribution >= 4 is 40.8 Å². The lowest BCUT2D eigenvalue weighted by Gasteiger charge is -2.17. The zero-order valence-electron chi connectivity index (χ0n) is 16.1. The molecule has 1 aliphatic heterocycles. The third kappa shape index (κ3) is 4.60. The minimum atomic E-state index is -0.553. The van der Waals surface area contributed by atoms with E-state index in [-0.39, 0.29) is 36.3 Å². The quantitative estimate of drug-likeness (QED) is 0.757. The SMILES string of the molecule is COC(=O)c1ccccc1NC(=O)C1CC(=O)N(c2ccc(NC(C)=O)cc2)C1. The molecular weight excluding hydrogens is 374 g/mol. The summed E-state index contributed by atoms with van der Waals surface area (Å²) in [6.07, 6.45) is 0.0691. The van der Waals surface area contributed by atoms with Gasteiger partial charge in [0.1, 0.15) is 0 Å². The van der Waals surface area contributed by atoms with E-state index in [9.17, 15) is 19.2 Å². The van der Waals surface area contributed by atoms with Crippen molar-refractivity contribution in [1.29, 1.82) is 0 Å². The van der Waals surface area contributed by atoms with E-state index in [2.05, 4.69) is 10.6 Å². The van der Waals surface area contributed by atoms with Crippen molar-refractivity contribution in [2.45, 2.75) is 13.3 Å². The molecule has 3 amide bonds. The summed E-state index contributed by atoms with van der Waals surface area (Å²) in [6.45, 7) is 1.64. The van der Waals surface area contributed by atoms with Crippen molar-refractivity contribution in [3.8, 4) is 0 Å². The lowest BCUT2D eigenvalue weighted by Crippen LogP contribution is -2.28. The Morgan fingerprint density at radius 1 is 1.03 bits per heavy atom. The number of anilines is 3. The minimum absolute atomic E-state index is 0.0691. The van der Waals surface area contributed by atoms with Crippen molar-refractivity contribution in [2.75, 3.05) is 29.2 Å². The molecule has 1 aliphatic rings. The summed E-state index contributed by atoms with van der Waals surface area (Å²) in [5, 5.41) is 5.39. The summed E-state index contributed by atoms with van der Waals surface area (Å²) >= 11 is 0. The molecule has 2 aromatic carbocycles. The molecule has 0 bridgehead atoms. The summed E-state index contributed by atoms with van der Waals surface area (Å²) in [6, 6.07) is 13.4. The number of para-hydroxylation sites is 1. The highest BCUT2D eigenvalue weighted by atomic mass is 16.5. The number of carbonyl (C=O) groups is 4. The van der Waals surface area contributed by atoms with E-state index in [1.807, 2.05) is 0 Å². The fourth-order valence-corrected chi connectivity index (χ4v) is 3.18. The van der Waals surface area contributed by atoms with E-state index in [0.717, 1.165) is 0 Å². The van der Waals surface area contributed by atoms with Crippen molar-refractivity contribution < 1.29 is 23.9 Å². The summed E-state index contributed by atoms with van der Waals surface area (Å²) in [5.74, 6) is -1.79. The Balaban J connectivity index is 1.69. The average Bonchev–Trinajstić information content (AvgIpc) is 3.10. The highest BCUT2D eigenvalue weighted by molar-refractivity contribution is 6.06. The van der Waals surface area contributed by atoms with Crippen LogP contribution in [0.1, 0.15) is 23.7 Å². The molecule has 3 rings (SSSR count). The van der Waals surface area contributed by atoms with Crippen molar-refractivity contribution in [3.05, 3.63) is 54.1 Å². The first-order valence-electron chi connectivity index (χ1n) is 9.05. The van der Waals surface area contributed by atoms with Gasteiger partial charge in [-0.15, -0.1) is 0 Å². The second kappa shape index (κ2) is 8.55. The van der Waals surface area contributed by atoms with Crippen LogP contribution in [0.4, 0.5) is 17.1 Å². The van der Waals surface area contributed by atoms with Crippen LogP contribution in [0, 0.1) is 5.92 Å². The van der Waals surface area contributed by atoms with E-state index in [4.69, 9.17) is 4.74 Å². The lowest BCUT2D eigenvalue weighted by atomic mass is 10.1. The van der Waals surface area contributed by atoms with Crippen LogP contribution in [0.2, 0.25) is 0 Å². The molecular formula is C21H21N3O5. The monoisotopic (exact) mass is 395 g/mol. The molecule has 1 fully saturated rings. The molecule has 1 heterocycles. The smallest absolute Gasteiger partial charge is 0.339 e. The van der Waals surface area contributed by atoms with Gasteiger partial charge in [0.2, 0.25) is 17.7 Å². The average molecular weight is 395 g/mol. The zero-order chi connectivity index (χ0) is 21.0. The number of nitrogens with zero attached hydrogens (tertiary/aromatic N) is 1. The molecule has 1 unspecified atom stereocenters. The predicted molar refractivity (Wildman–Crippen MR) is 108 cm³/mol. The van der Waals surface area contributed by atoms with Gasteiger partial charge in [-0.3, -0.25) is 14.4 Å². The molecule has 0 spiro atoms. The van der Waals surface area contributed by atoms with Gasteiger partial charge in [-0.1, -0.05) is 12.1 Å². The van der Waals surface area contributed by atoms with Gasteiger partial charge in [0.05, 0.1) is 24.3 Å². The summed E-state index contributed by atoms with van der Waals surface area (Å²) in [7, 11) is 1.27. The molecule has 0 aliphatic carbocycles. The van der Waals surface area contributed by atoms with E-state index >= 15 is 0 Å². The maximum absolute atomic E-state index is 12.7.